The molecule has 0 spiro atoms. The fourth-order valence-corrected chi connectivity index (χ4v) is 5.75. The highest BCUT2D eigenvalue weighted by atomic mass is 32.2. The van der Waals surface area contributed by atoms with E-state index >= 15 is 0 Å². The van der Waals surface area contributed by atoms with Gasteiger partial charge in [0.05, 0.1) is 30.0 Å². The maximum Gasteiger partial charge on any atom is 0.261 e. The molecule has 0 bridgehead atoms. The number of nitrogens with two attached hydrogens (primary N) is 1. The quantitative estimate of drug-likeness (QED) is 0.0438. The predicted molar refractivity (Wildman–Crippen MR) is 219 cm³/mol. The Morgan fingerprint density at radius 1 is 0.460 bits per heavy atom. The first-order chi connectivity index (χ1) is 23.8. The fraction of sp³-hybridized carbons (Fsp3) is 1.00. The number of hydrogen-bond acceptors (Lipinski definition) is 6. The van der Waals surface area contributed by atoms with Crippen LogP contribution in [0.3, 0.4) is 0 Å². The molecule has 0 atom stereocenters. The summed E-state index contributed by atoms with van der Waals surface area (Å²) in [6, 6.07) is 0. The summed E-state index contributed by atoms with van der Waals surface area (Å²) in [6.07, 6.45) is 48.0. The van der Waals surface area contributed by atoms with Gasteiger partial charge in [0.1, 0.15) is 0 Å². The lowest BCUT2D eigenvalue weighted by molar-refractivity contribution is -0.627. The second kappa shape index (κ2) is 48.7. The molecule has 4 N–H and O–H groups in total. The summed E-state index contributed by atoms with van der Waals surface area (Å²) in [5.41, 5.74) is 0. The Morgan fingerprint density at radius 2 is 0.640 bits per heavy atom. The minimum atomic E-state index is -3.92. The van der Waals surface area contributed by atoms with E-state index in [1.807, 2.05) is 7.05 Å². The smallest absolute Gasteiger partial charge is 0.261 e. The van der Waals surface area contributed by atoms with Crippen LogP contribution >= 0.6 is 0 Å². The largest absolute Gasteiger partial charge is 0.748 e. The van der Waals surface area contributed by atoms with Gasteiger partial charge in [-0.05, 0) is 32.9 Å². The lowest BCUT2D eigenvalue weighted by Crippen LogP contribution is -2.79. The van der Waals surface area contributed by atoms with Gasteiger partial charge in [0.2, 0.25) is 0 Å². The molecule has 0 aromatic carbocycles. The van der Waals surface area contributed by atoms with Gasteiger partial charge in [0, 0.05) is 6.26 Å². The maximum absolute atomic E-state index is 9.19. The molecule has 308 valence electrons. The Hall–Kier alpha value is -0.260. The molecule has 0 aliphatic heterocycles. The third-order valence-corrected chi connectivity index (χ3v) is 8.63. The molecule has 8 nitrogen and oxygen atoms in total. The molecule has 10 heteroatoms. The number of hydrogen-bond donors (Lipinski definition) is 3. The Balaban J connectivity index is -0.000000332. The van der Waals surface area contributed by atoms with Gasteiger partial charge in [-0.25, -0.2) is 8.42 Å². The number of rotatable bonds is 34. The van der Waals surface area contributed by atoms with Crippen LogP contribution in [-0.2, 0) is 20.2 Å². The minimum absolute atomic E-state index is 0.604. The van der Waals surface area contributed by atoms with Crippen molar-refractivity contribution >= 4 is 20.2 Å². The van der Waals surface area contributed by atoms with Gasteiger partial charge in [-0.2, -0.15) is 8.42 Å². The van der Waals surface area contributed by atoms with E-state index in [0.717, 1.165) is 0 Å². The van der Waals surface area contributed by atoms with E-state index in [2.05, 4.69) is 31.5 Å². The van der Waals surface area contributed by atoms with Crippen LogP contribution in [0.2, 0.25) is 0 Å². The van der Waals surface area contributed by atoms with E-state index in [0.29, 0.717) is 12.5 Å². The fourth-order valence-electron chi connectivity index (χ4n) is 5.75. The Bertz CT molecular complexity index is 678. The van der Waals surface area contributed by atoms with Crippen molar-refractivity contribution in [3.63, 3.8) is 0 Å². The van der Waals surface area contributed by atoms with E-state index in [-0.39, 0.29) is 0 Å². The van der Waals surface area contributed by atoms with Crippen LogP contribution in [0.5, 0.6) is 0 Å². The van der Waals surface area contributed by atoms with Gasteiger partial charge in [0.25, 0.3) is 10.1 Å². The van der Waals surface area contributed by atoms with E-state index in [1.54, 1.807) is 0 Å². The van der Waals surface area contributed by atoms with Crippen LogP contribution < -0.4 is 10.6 Å². The van der Waals surface area contributed by atoms with E-state index in [1.165, 1.54) is 219 Å². The normalized spacial score (nSPS) is 11.2. The second-order valence-corrected chi connectivity index (χ2v) is 17.2. The first-order valence-corrected chi connectivity index (χ1v) is 24.8. The molecule has 0 saturated heterocycles. The van der Waals surface area contributed by atoms with Gasteiger partial charge in [-0.15, -0.1) is 0 Å². The van der Waals surface area contributed by atoms with E-state index < -0.39 is 20.2 Å². The molecule has 0 aromatic rings. The van der Waals surface area contributed by atoms with Crippen molar-refractivity contribution < 1.29 is 31.3 Å². The summed E-state index contributed by atoms with van der Waals surface area (Å²) in [4.78, 5) is 0. The maximum atomic E-state index is 9.19. The predicted octanol–water partition coefficient (Wildman–Crippen LogP) is 10.6. The summed E-state index contributed by atoms with van der Waals surface area (Å²) in [5, 5.41) is 5.51. The second-order valence-electron chi connectivity index (χ2n) is 14.3. The van der Waals surface area contributed by atoms with Crippen LogP contribution in [0.1, 0.15) is 219 Å². The van der Waals surface area contributed by atoms with E-state index in [9.17, 15) is 8.42 Å². The monoisotopic (exact) mass is 759 g/mol. The summed E-state index contributed by atoms with van der Waals surface area (Å²) in [5.74, 6) is 0. The number of nitrogens with one attached hydrogen (secondary N) is 1. The van der Waals surface area contributed by atoms with Crippen molar-refractivity contribution in [1.82, 2.24) is 5.32 Å². The Morgan fingerprint density at radius 3 is 0.820 bits per heavy atom. The van der Waals surface area contributed by atoms with Crippen LogP contribution in [0, 0.1) is 0 Å². The average Bonchev–Trinajstić information content (AvgIpc) is 3.03. The first kappa shape index (κ1) is 56.5. The minimum Gasteiger partial charge on any atom is -0.748 e. The van der Waals surface area contributed by atoms with Gasteiger partial charge < -0.3 is 15.2 Å². The van der Waals surface area contributed by atoms with Crippen LogP contribution in [0.25, 0.3) is 0 Å². The van der Waals surface area contributed by atoms with E-state index in [4.69, 9.17) is 17.5 Å². The molecule has 0 amide bonds. The van der Waals surface area contributed by atoms with Crippen molar-refractivity contribution in [3.05, 3.63) is 0 Å². The first-order valence-electron chi connectivity index (χ1n) is 21.1. The SMILES string of the molecule is CCCCCCCCCCCCCCCCCCNC.CCCCCCCCCCCCCCCCCC[NH2+]C.CS(=O)(=O)O.CS(=O)(=O)[O-]. The molecule has 0 radical (unpaired) electrons. The van der Waals surface area contributed by atoms with Crippen LogP contribution in [0.15, 0.2) is 0 Å². The highest BCUT2D eigenvalue weighted by Crippen LogP contribution is 2.15. The molecule has 0 fully saturated rings. The molecule has 0 unspecified atom stereocenters. The lowest BCUT2D eigenvalue weighted by Gasteiger charge is -2.03. The van der Waals surface area contributed by atoms with Crippen molar-refractivity contribution in [2.45, 2.75) is 219 Å². The van der Waals surface area contributed by atoms with Gasteiger partial charge in [-0.1, -0.05) is 200 Å². The van der Waals surface area contributed by atoms with Crippen molar-refractivity contribution in [2.75, 3.05) is 39.7 Å². The van der Waals surface area contributed by atoms with Gasteiger partial charge in [0.15, 0.2) is 0 Å². The molecule has 0 saturated carbocycles. The van der Waals surface area contributed by atoms with Crippen LogP contribution in [0.4, 0.5) is 0 Å². The average molecular weight is 759 g/mol. The zero-order valence-electron chi connectivity index (χ0n) is 34.4. The van der Waals surface area contributed by atoms with Crippen molar-refractivity contribution in [2.24, 2.45) is 0 Å². The number of quaternary nitrogens is 1. The standard InChI is InChI=1S/2C19H41N.2CH4O3S/c2*1-3-4-5-6-7-8-9-10-11-12-13-14-15-16-17-18-19-20-2;2*1-5(2,3)4/h2*20H,3-19H2,1-2H3;2*1H3,(H,2,3,4). The third-order valence-electron chi connectivity index (χ3n) is 8.63. The van der Waals surface area contributed by atoms with Crippen molar-refractivity contribution in [1.29, 1.82) is 0 Å². The van der Waals surface area contributed by atoms with Gasteiger partial charge in [-0.3, -0.25) is 4.55 Å². The molecule has 0 heterocycles. The number of unbranched alkanes of at least 4 members (excludes halogenated alkanes) is 30. The summed E-state index contributed by atoms with van der Waals surface area (Å²) >= 11 is 0. The summed E-state index contributed by atoms with van der Waals surface area (Å²) in [6.45, 7) is 7.10. The molecule has 0 aliphatic carbocycles. The summed E-state index contributed by atoms with van der Waals surface area (Å²) < 4.78 is 53.1. The highest BCUT2D eigenvalue weighted by molar-refractivity contribution is 7.85. The zero-order valence-corrected chi connectivity index (χ0v) is 36.1. The third kappa shape index (κ3) is 91.6. The topological polar surface area (TPSA) is 140 Å². The highest BCUT2D eigenvalue weighted by Gasteiger charge is 1.96. The Kier molecular flexibility index (Phi) is 55.1. The molecular formula is C40H90N2O6S2. The zero-order chi connectivity index (χ0) is 38.5. The Labute approximate surface area is 314 Å². The molecule has 0 aliphatic rings. The molecular weight excluding hydrogens is 669 g/mol. The van der Waals surface area contributed by atoms with Gasteiger partial charge >= 0.3 is 0 Å². The molecule has 0 rings (SSSR count). The summed E-state index contributed by atoms with van der Waals surface area (Å²) in [7, 11) is -3.36. The molecule has 0 aromatic heterocycles. The molecule has 50 heavy (non-hydrogen) atoms. The van der Waals surface area contributed by atoms with Crippen molar-refractivity contribution in [3.8, 4) is 0 Å². The van der Waals surface area contributed by atoms with Crippen LogP contribution in [-0.4, -0.2) is 65.6 Å². The lowest BCUT2D eigenvalue weighted by atomic mass is 10.0.